The van der Waals surface area contributed by atoms with Gasteiger partial charge in [0.05, 0.1) is 18.5 Å². The zero-order valence-corrected chi connectivity index (χ0v) is 19.4. The molecular formula is C22H36N2O4S. The number of nitrogens with zero attached hydrogens (tertiary/aromatic N) is 1. The first-order valence-corrected chi connectivity index (χ1v) is 12.4. The summed E-state index contributed by atoms with van der Waals surface area (Å²) in [5.74, 6) is 0.585. The van der Waals surface area contributed by atoms with E-state index in [4.69, 9.17) is 4.74 Å². The van der Waals surface area contributed by atoms with Crippen LogP contribution in [0, 0.1) is 5.92 Å². The molecule has 29 heavy (non-hydrogen) atoms. The number of hydrogen-bond acceptors (Lipinski definition) is 4. The van der Waals surface area contributed by atoms with Crippen LogP contribution >= 0.6 is 0 Å². The lowest BCUT2D eigenvalue weighted by atomic mass is 9.86. The van der Waals surface area contributed by atoms with Gasteiger partial charge in [-0.3, -0.25) is 9.10 Å². The fourth-order valence-corrected chi connectivity index (χ4v) is 4.38. The maximum Gasteiger partial charge on any atom is 0.263 e. The van der Waals surface area contributed by atoms with Crippen LogP contribution in [0.25, 0.3) is 0 Å². The van der Waals surface area contributed by atoms with Crippen LogP contribution < -0.4 is 14.4 Å². The number of ether oxygens (including phenoxy) is 1. The van der Waals surface area contributed by atoms with E-state index >= 15 is 0 Å². The molecule has 164 valence electrons. The van der Waals surface area contributed by atoms with Gasteiger partial charge >= 0.3 is 0 Å². The maximum atomic E-state index is 12.7. The third-order valence-corrected chi connectivity index (χ3v) is 6.64. The van der Waals surface area contributed by atoms with Gasteiger partial charge in [-0.15, -0.1) is 0 Å². The lowest BCUT2D eigenvalue weighted by Gasteiger charge is -2.35. The Balaban J connectivity index is 2.21. The topological polar surface area (TPSA) is 75.7 Å². The Morgan fingerprint density at radius 3 is 2.55 bits per heavy atom. The summed E-state index contributed by atoms with van der Waals surface area (Å²) in [6.07, 6.45) is 4.65. The highest BCUT2D eigenvalue weighted by Gasteiger charge is 2.35. The van der Waals surface area contributed by atoms with Gasteiger partial charge in [-0.1, -0.05) is 59.9 Å². The van der Waals surface area contributed by atoms with E-state index in [1.807, 2.05) is 12.1 Å². The van der Waals surface area contributed by atoms with E-state index in [1.54, 1.807) is 6.07 Å². The van der Waals surface area contributed by atoms with E-state index in [-0.39, 0.29) is 17.9 Å². The highest BCUT2D eigenvalue weighted by Crippen LogP contribution is 2.38. The molecule has 2 rings (SSSR count). The minimum Gasteiger partial charge on any atom is -0.476 e. The molecule has 0 saturated carbocycles. The Bertz CT molecular complexity index is 815. The minimum atomic E-state index is -3.54. The summed E-state index contributed by atoms with van der Waals surface area (Å²) in [5.41, 5.74) is 1.39. The van der Waals surface area contributed by atoms with Crippen molar-refractivity contribution in [1.82, 2.24) is 5.32 Å². The normalized spacial score (nSPS) is 18.0. The number of anilines is 1. The SMILES string of the molecule is CCCC[C@@H](CC)CNC(=O)[C@H]1CN(S(C)(=O)=O)c2cc(C(C)(C)C)ccc2O1. The van der Waals surface area contributed by atoms with Gasteiger partial charge in [0, 0.05) is 6.54 Å². The number of hydrogen-bond donors (Lipinski definition) is 1. The van der Waals surface area contributed by atoms with Gasteiger partial charge in [0.15, 0.2) is 6.10 Å². The molecule has 0 spiro atoms. The number of rotatable bonds is 8. The number of unbranched alkanes of at least 4 members (excludes halogenated alkanes) is 1. The van der Waals surface area contributed by atoms with Crippen LogP contribution in [0.15, 0.2) is 18.2 Å². The zero-order chi connectivity index (χ0) is 21.8. The fraction of sp³-hybridized carbons (Fsp3) is 0.682. The molecule has 0 fully saturated rings. The minimum absolute atomic E-state index is 0.0169. The largest absolute Gasteiger partial charge is 0.476 e. The zero-order valence-electron chi connectivity index (χ0n) is 18.6. The Hall–Kier alpha value is -1.76. The quantitative estimate of drug-likeness (QED) is 0.688. The van der Waals surface area contributed by atoms with E-state index in [0.717, 1.165) is 31.2 Å². The van der Waals surface area contributed by atoms with Gasteiger partial charge in [0.1, 0.15) is 5.75 Å². The summed E-state index contributed by atoms with van der Waals surface area (Å²) < 4.78 is 32.1. The Morgan fingerprint density at radius 2 is 2.00 bits per heavy atom. The van der Waals surface area contributed by atoms with Crippen LogP contribution in [-0.2, 0) is 20.2 Å². The molecule has 0 bridgehead atoms. The second kappa shape index (κ2) is 9.37. The second-order valence-electron chi connectivity index (χ2n) is 8.99. The molecule has 0 unspecified atom stereocenters. The number of nitrogens with one attached hydrogen (secondary N) is 1. The Kier molecular flexibility index (Phi) is 7.60. The van der Waals surface area contributed by atoms with Gasteiger partial charge in [0.25, 0.3) is 5.91 Å². The van der Waals surface area contributed by atoms with Crippen molar-refractivity contribution in [2.75, 3.05) is 23.7 Å². The van der Waals surface area contributed by atoms with E-state index in [1.165, 1.54) is 10.6 Å². The number of carbonyl (C=O) groups excluding carboxylic acids is 1. The molecule has 1 aromatic rings. The first-order chi connectivity index (χ1) is 13.5. The highest BCUT2D eigenvalue weighted by atomic mass is 32.2. The second-order valence-corrected chi connectivity index (χ2v) is 10.9. The van der Waals surface area contributed by atoms with Crippen molar-refractivity contribution in [3.8, 4) is 5.75 Å². The first-order valence-electron chi connectivity index (χ1n) is 10.5. The molecule has 1 aliphatic heterocycles. The number of carbonyl (C=O) groups is 1. The summed E-state index contributed by atoms with van der Waals surface area (Å²) in [5, 5.41) is 2.97. The van der Waals surface area contributed by atoms with Crippen LogP contribution in [0.5, 0.6) is 5.75 Å². The molecule has 1 amide bonds. The number of fused-ring (bicyclic) bond motifs is 1. The van der Waals surface area contributed by atoms with Crippen LogP contribution in [-0.4, -0.2) is 39.8 Å². The lowest BCUT2D eigenvalue weighted by molar-refractivity contribution is -0.127. The average molecular weight is 425 g/mol. The summed E-state index contributed by atoms with van der Waals surface area (Å²) in [7, 11) is -3.54. The van der Waals surface area contributed by atoms with Crippen LogP contribution in [0.1, 0.15) is 65.9 Å². The maximum absolute atomic E-state index is 12.7. The van der Waals surface area contributed by atoms with Gasteiger partial charge in [-0.2, -0.15) is 0 Å². The van der Waals surface area contributed by atoms with Crippen molar-refractivity contribution in [3.05, 3.63) is 23.8 Å². The molecule has 0 aliphatic carbocycles. The predicted octanol–water partition coefficient (Wildman–Crippen LogP) is 3.84. The number of benzene rings is 1. The van der Waals surface area contributed by atoms with Gasteiger partial charge in [-0.05, 0) is 35.4 Å². The van der Waals surface area contributed by atoms with E-state index in [9.17, 15) is 13.2 Å². The highest BCUT2D eigenvalue weighted by molar-refractivity contribution is 7.92. The van der Waals surface area contributed by atoms with Crippen LogP contribution in [0.3, 0.4) is 0 Å². The van der Waals surface area contributed by atoms with Gasteiger partial charge in [-0.25, -0.2) is 8.42 Å². The van der Waals surface area contributed by atoms with E-state index in [2.05, 4.69) is 39.9 Å². The molecule has 0 radical (unpaired) electrons. The molecule has 0 aromatic heterocycles. The predicted molar refractivity (Wildman–Crippen MR) is 118 cm³/mol. The summed E-state index contributed by atoms with van der Waals surface area (Å²) in [4.78, 5) is 12.7. The van der Waals surface area contributed by atoms with Crippen molar-refractivity contribution >= 4 is 21.6 Å². The molecule has 7 heteroatoms. The molecule has 1 heterocycles. The molecule has 0 saturated heterocycles. The van der Waals surface area contributed by atoms with Crippen molar-refractivity contribution in [2.24, 2.45) is 5.92 Å². The fourth-order valence-electron chi connectivity index (χ4n) is 3.47. The van der Waals surface area contributed by atoms with E-state index in [0.29, 0.717) is 23.9 Å². The molecule has 1 N–H and O–H groups in total. The lowest BCUT2D eigenvalue weighted by Crippen LogP contribution is -2.51. The molecule has 2 atom stereocenters. The van der Waals surface area contributed by atoms with Crippen LogP contribution in [0.4, 0.5) is 5.69 Å². The van der Waals surface area contributed by atoms with Crippen molar-refractivity contribution < 1.29 is 17.9 Å². The first kappa shape index (κ1) is 23.5. The molecule has 1 aliphatic rings. The van der Waals surface area contributed by atoms with E-state index < -0.39 is 16.1 Å². The smallest absolute Gasteiger partial charge is 0.263 e. The third-order valence-electron chi connectivity index (χ3n) is 5.50. The van der Waals surface area contributed by atoms with Crippen LogP contribution in [0.2, 0.25) is 0 Å². The molecule has 1 aromatic carbocycles. The van der Waals surface area contributed by atoms with Gasteiger partial charge < -0.3 is 10.1 Å². The molecular weight excluding hydrogens is 388 g/mol. The van der Waals surface area contributed by atoms with Crippen molar-refractivity contribution in [3.63, 3.8) is 0 Å². The number of amides is 1. The third kappa shape index (κ3) is 6.11. The standard InChI is InChI=1S/C22H36N2O4S/c1-7-9-10-16(8-2)14-23-21(25)20-15-24(29(6,26)27)18-13-17(22(3,4)5)11-12-19(18)28-20/h11-13,16,20H,7-10,14-15H2,1-6H3,(H,23,25)/t16-,20-/m1/s1. The van der Waals surface area contributed by atoms with Crippen molar-refractivity contribution in [2.45, 2.75) is 71.8 Å². The Morgan fingerprint density at radius 1 is 1.31 bits per heavy atom. The monoisotopic (exact) mass is 424 g/mol. The van der Waals surface area contributed by atoms with Crippen molar-refractivity contribution in [1.29, 1.82) is 0 Å². The number of sulfonamides is 1. The van der Waals surface area contributed by atoms with Gasteiger partial charge in [0.2, 0.25) is 10.0 Å². The molecule has 6 nitrogen and oxygen atoms in total. The summed E-state index contributed by atoms with van der Waals surface area (Å²) in [6, 6.07) is 5.55. The summed E-state index contributed by atoms with van der Waals surface area (Å²) >= 11 is 0. The summed E-state index contributed by atoms with van der Waals surface area (Å²) in [6.45, 7) is 11.1. The average Bonchev–Trinajstić information content (AvgIpc) is 2.65. The Labute approximate surface area is 176 Å².